The van der Waals surface area contributed by atoms with Crippen molar-refractivity contribution in [2.75, 3.05) is 26.3 Å². The second-order valence-corrected chi connectivity index (χ2v) is 4.73. The van der Waals surface area contributed by atoms with E-state index in [1.165, 1.54) is 0 Å². The molecule has 5 heteroatoms. The van der Waals surface area contributed by atoms with Gasteiger partial charge in [-0.05, 0) is 13.3 Å². The van der Waals surface area contributed by atoms with E-state index in [-0.39, 0.29) is 18.1 Å². The molecule has 3 atom stereocenters. The number of β-amino-alcohol motifs (C(OH)–C–C–N with tert-alkyl or cyclic N) is 1. The molecule has 0 radical (unpaired) electrons. The van der Waals surface area contributed by atoms with Crippen molar-refractivity contribution < 1.29 is 14.6 Å². The summed E-state index contributed by atoms with van der Waals surface area (Å²) in [5.41, 5.74) is 5.27. The van der Waals surface area contributed by atoms with Crippen LogP contribution in [-0.4, -0.2) is 54.4 Å². The predicted octanol–water partition coefficient (Wildman–Crippen LogP) is -1.06. The van der Waals surface area contributed by atoms with Crippen LogP contribution in [0.25, 0.3) is 0 Å². The molecule has 2 aliphatic heterocycles. The maximum atomic E-state index is 12.2. The first-order chi connectivity index (χ1) is 7.04. The van der Waals surface area contributed by atoms with Gasteiger partial charge in [0.15, 0.2) is 0 Å². The Morgan fingerprint density at radius 1 is 1.67 bits per heavy atom. The van der Waals surface area contributed by atoms with Gasteiger partial charge in [-0.15, -0.1) is 0 Å². The fourth-order valence-corrected chi connectivity index (χ4v) is 2.20. The van der Waals surface area contributed by atoms with Crippen molar-refractivity contribution in [1.82, 2.24) is 4.90 Å². The molecule has 2 saturated heterocycles. The molecule has 3 N–H and O–H groups in total. The molecule has 15 heavy (non-hydrogen) atoms. The lowest BCUT2D eigenvalue weighted by molar-refractivity contribution is -0.141. The first kappa shape index (κ1) is 10.9. The predicted molar refractivity (Wildman–Crippen MR) is 54.1 cm³/mol. The molecule has 5 nitrogen and oxygen atoms in total. The van der Waals surface area contributed by atoms with Crippen molar-refractivity contribution in [3.8, 4) is 0 Å². The van der Waals surface area contributed by atoms with Gasteiger partial charge in [-0.3, -0.25) is 4.79 Å². The van der Waals surface area contributed by atoms with Gasteiger partial charge < -0.3 is 20.5 Å². The summed E-state index contributed by atoms with van der Waals surface area (Å²) < 4.78 is 5.24. The highest BCUT2D eigenvalue weighted by Crippen LogP contribution is 2.30. The van der Waals surface area contributed by atoms with E-state index in [4.69, 9.17) is 10.5 Å². The lowest BCUT2D eigenvalue weighted by atomic mass is 9.84. The fraction of sp³-hybridized carbons (Fsp3) is 0.900. The molecule has 86 valence electrons. The molecule has 0 aromatic carbocycles. The van der Waals surface area contributed by atoms with Crippen molar-refractivity contribution >= 4 is 5.91 Å². The van der Waals surface area contributed by atoms with Crippen LogP contribution in [0.15, 0.2) is 0 Å². The number of hydrogen-bond donors (Lipinski definition) is 2. The quantitative estimate of drug-likeness (QED) is 0.583. The Hall–Kier alpha value is -0.650. The van der Waals surface area contributed by atoms with Crippen LogP contribution in [0.2, 0.25) is 0 Å². The van der Waals surface area contributed by atoms with Gasteiger partial charge >= 0.3 is 0 Å². The van der Waals surface area contributed by atoms with Crippen LogP contribution in [0, 0.1) is 5.41 Å². The van der Waals surface area contributed by atoms with E-state index in [1.54, 1.807) is 4.90 Å². The van der Waals surface area contributed by atoms with Gasteiger partial charge in [0.2, 0.25) is 5.91 Å². The summed E-state index contributed by atoms with van der Waals surface area (Å²) in [5, 5.41) is 9.38. The Labute approximate surface area is 89.2 Å². The van der Waals surface area contributed by atoms with E-state index in [9.17, 15) is 9.90 Å². The summed E-state index contributed by atoms with van der Waals surface area (Å²) in [6, 6.07) is -0.234. The van der Waals surface area contributed by atoms with Crippen molar-refractivity contribution in [1.29, 1.82) is 0 Å². The van der Waals surface area contributed by atoms with Crippen LogP contribution in [0.4, 0.5) is 0 Å². The van der Waals surface area contributed by atoms with E-state index in [1.807, 2.05) is 6.92 Å². The maximum absolute atomic E-state index is 12.2. The molecule has 2 aliphatic rings. The summed E-state index contributed by atoms with van der Waals surface area (Å²) in [6.45, 7) is 3.74. The van der Waals surface area contributed by atoms with Gasteiger partial charge in [0, 0.05) is 19.1 Å². The zero-order valence-electron chi connectivity index (χ0n) is 8.98. The van der Waals surface area contributed by atoms with Crippen molar-refractivity contribution in [2.45, 2.75) is 25.5 Å². The number of amides is 1. The summed E-state index contributed by atoms with van der Waals surface area (Å²) in [7, 11) is 0. The normalized spacial score (nSPS) is 41.1. The molecule has 2 heterocycles. The molecule has 0 aromatic heterocycles. The standard InChI is InChI=1S/C10H18N2O3/c1-10(6-15-5-8(10)11)9(14)12-3-2-7(13)4-12/h7-8,13H,2-6,11H2,1H3/t7-,8?,10?/m0/s1. The smallest absolute Gasteiger partial charge is 0.232 e. The van der Waals surface area contributed by atoms with Crippen LogP contribution in [0.3, 0.4) is 0 Å². The minimum Gasteiger partial charge on any atom is -0.391 e. The molecule has 2 unspecified atom stereocenters. The van der Waals surface area contributed by atoms with Gasteiger partial charge in [-0.25, -0.2) is 0 Å². The molecule has 2 fully saturated rings. The van der Waals surface area contributed by atoms with Crippen LogP contribution >= 0.6 is 0 Å². The van der Waals surface area contributed by atoms with E-state index in [0.29, 0.717) is 32.7 Å². The van der Waals surface area contributed by atoms with Crippen LogP contribution in [0.1, 0.15) is 13.3 Å². The molecule has 2 rings (SSSR count). The Balaban J connectivity index is 2.07. The van der Waals surface area contributed by atoms with Gasteiger partial charge in [0.05, 0.1) is 24.7 Å². The highest BCUT2D eigenvalue weighted by atomic mass is 16.5. The minimum atomic E-state index is -0.607. The number of aliphatic hydroxyl groups excluding tert-OH is 1. The molecular formula is C10H18N2O3. The highest BCUT2D eigenvalue weighted by Gasteiger charge is 2.47. The van der Waals surface area contributed by atoms with Crippen molar-refractivity contribution in [3.63, 3.8) is 0 Å². The number of aliphatic hydroxyl groups is 1. The number of hydrogen-bond acceptors (Lipinski definition) is 4. The van der Waals surface area contributed by atoms with E-state index >= 15 is 0 Å². The van der Waals surface area contributed by atoms with Crippen molar-refractivity contribution in [2.24, 2.45) is 11.1 Å². The zero-order valence-corrected chi connectivity index (χ0v) is 8.98. The zero-order chi connectivity index (χ0) is 11.1. The first-order valence-corrected chi connectivity index (χ1v) is 5.35. The lowest BCUT2D eigenvalue weighted by Crippen LogP contribution is -2.51. The van der Waals surface area contributed by atoms with E-state index in [2.05, 4.69) is 0 Å². The van der Waals surface area contributed by atoms with Gasteiger partial charge in [0.25, 0.3) is 0 Å². The number of carbonyl (C=O) groups excluding carboxylic acids is 1. The summed E-state index contributed by atoms with van der Waals surface area (Å²) in [5.74, 6) is 0.0176. The third-order valence-corrected chi connectivity index (χ3v) is 3.46. The van der Waals surface area contributed by atoms with Crippen LogP contribution in [-0.2, 0) is 9.53 Å². The first-order valence-electron chi connectivity index (χ1n) is 5.35. The topological polar surface area (TPSA) is 75.8 Å². The lowest BCUT2D eigenvalue weighted by Gasteiger charge is -2.30. The second kappa shape index (κ2) is 3.73. The SMILES string of the molecule is CC1(C(=O)N2CC[C@H](O)C2)COCC1N. The Morgan fingerprint density at radius 2 is 2.40 bits per heavy atom. The Kier molecular flexibility index (Phi) is 2.70. The fourth-order valence-electron chi connectivity index (χ4n) is 2.20. The number of nitrogens with zero attached hydrogens (tertiary/aromatic N) is 1. The number of nitrogens with two attached hydrogens (primary N) is 1. The Bertz CT molecular complexity index is 271. The number of rotatable bonds is 1. The van der Waals surface area contributed by atoms with E-state index < -0.39 is 5.41 Å². The minimum absolute atomic E-state index is 0.0176. The molecule has 0 spiro atoms. The second-order valence-electron chi connectivity index (χ2n) is 4.73. The van der Waals surface area contributed by atoms with Crippen LogP contribution in [0.5, 0.6) is 0 Å². The summed E-state index contributed by atoms with van der Waals surface area (Å²) >= 11 is 0. The van der Waals surface area contributed by atoms with Gasteiger partial charge in [0.1, 0.15) is 0 Å². The van der Waals surface area contributed by atoms with E-state index in [0.717, 1.165) is 0 Å². The maximum Gasteiger partial charge on any atom is 0.232 e. The molecule has 0 aromatic rings. The third kappa shape index (κ3) is 1.75. The molecule has 0 aliphatic carbocycles. The number of carbonyl (C=O) groups is 1. The highest BCUT2D eigenvalue weighted by molar-refractivity contribution is 5.84. The summed E-state index contributed by atoms with van der Waals surface area (Å²) in [6.07, 6.45) is 0.286. The number of ether oxygens (including phenoxy) is 1. The molecule has 0 bridgehead atoms. The third-order valence-electron chi connectivity index (χ3n) is 3.46. The average Bonchev–Trinajstić information content (AvgIpc) is 2.75. The van der Waals surface area contributed by atoms with Crippen LogP contribution < -0.4 is 5.73 Å². The summed E-state index contributed by atoms with van der Waals surface area (Å²) in [4.78, 5) is 13.9. The largest absolute Gasteiger partial charge is 0.391 e. The van der Waals surface area contributed by atoms with Gasteiger partial charge in [-0.2, -0.15) is 0 Å². The average molecular weight is 214 g/mol. The molecule has 0 saturated carbocycles. The van der Waals surface area contributed by atoms with Gasteiger partial charge in [-0.1, -0.05) is 0 Å². The van der Waals surface area contributed by atoms with Crippen molar-refractivity contribution in [3.05, 3.63) is 0 Å². The number of likely N-dealkylation sites (tertiary alicyclic amines) is 1. The Morgan fingerprint density at radius 3 is 2.87 bits per heavy atom. The molecular weight excluding hydrogens is 196 g/mol. The molecule has 1 amide bonds. The monoisotopic (exact) mass is 214 g/mol.